The molecule has 0 heterocycles. The largest absolute Gasteiger partial charge is 0.313 e. The summed E-state index contributed by atoms with van der Waals surface area (Å²) < 4.78 is 0. The smallest absolute Gasteiger partial charge is 0.0281 e. The SMILES string of the molecule is CCCCNCc1ccc(C)c(C#Cc2ccccc2)c1. The fourth-order valence-electron chi connectivity index (χ4n) is 2.11. The molecule has 0 saturated carbocycles. The van der Waals surface area contributed by atoms with Crippen molar-refractivity contribution in [2.45, 2.75) is 33.2 Å². The summed E-state index contributed by atoms with van der Waals surface area (Å²) in [6.07, 6.45) is 2.46. The van der Waals surface area contributed by atoms with Crippen LogP contribution in [0.5, 0.6) is 0 Å². The molecule has 108 valence electrons. The molecule has 2 rings (SSSR count). The van der Waals surface area contributed by atoms with E-state index in [-0.39, 0.29) is 0 Å². The van der Waals surface area contributed by atoms with Crippen LogP contribution in [0.1, 0.15) is 42.0 Å². The van der Waals surface area contributed by atoms with Crippen LogP contribution in [0.3, 0.4) is 0 Å². The van der Waals surface area contributed by atoms with Crippen molar-refractivity contribution < 1.29 is 0 Å². The minimum absolute atomic E-state index is 0.917. The maximum Gasteiger partial charge on any atom is 0.0281 e. The molecule has 0 bridgehead atoms. The van der Waals surface area contributed by atoms with Crippen LogP contribution in [-0.2, 0) is 6.54 Å². The molecule has 1 heteroatoms. The zero-order chi connectivity index (χ0) is 14.9. The summed E-state index contributed by atoms with van der Waals surface area (Å²) in [6, 6.07) is 16.7. The summed E-state index contributed by atoms with van der Waals surface area (Å²) in [5, 5.41) is 3.47. The molecule has 2 aromatic carbocycles. The highest BCUT2D eigenvalue weighted by atomic mass is 14.8. The van der Waals surface area contributed by atoms with E-state index in [4.69, 9.17) is 0 Å². The van der Waals surface area contributed by atoms with Crippen molar-refractivity contribution in [1.29, 1.82) is 0 Å². The zero-order valence-electron chi connectivity index (χ0n) is 12.9. The fraction of sp³-hybridized carbons (Fsp3) is 0.300. The maximum absolute atomic E-state index is 3.47. The normalized spacial score (nSPS) is 10.0. The van der Waals surface area contributed by atoms with Crippen molar-refractivity contribution in [1.82, 2.24) is 5.32 Å². The molecule has 2 aromatic rings. The predicted octanol–water partition coefficient (Wildman–Crippen LogP) is 4.28. The zero-order valence-corrected chi connectivity index (χ0v) is 12.9. The number of rotatable bonds is 5. The van der Waals surface area contributed by atoms with Crippen molar-refractivity contribution in [2.24, 2.45) is 0 Å². The lowest BCUT2D eigenvalue weighted by atomic mass is 10.0. The molecule has 0 radical (unpaired) electrons. The van der Waals surface area contributed by atoms with Crippen molar-refractivity contribution in [2.75, 3.05) is 6.54 Å². The van der Waals surface area contributed by atoms with Gasteiger partial charge in [0.05, 0.1) is 0 Å². The van der Waals surface area contributed by atoms with Crippen LogP contribution in [0, 0.1) is 18.8 Å². The summed E-state index contributed by atoms with van der Waals surface area (Å²) >= 11 is 0. The van der Waals surface area contributed by atoms with E-state index in [1.54, 1.807) is 0 Å². The highest BCUT2D eigenvalue weighted by molar-refractivity contribution is 5.47. The Morgan fingerprint density at radius 2 is 1.81 bits per heavy atom. The lowest BCUT2D eigenvalue weighted by Crippen LogP contribution is -2.14. The van der Waals surface area contributed by atoms with Gasteiger partial charge >= 0.3 is 0 Å². The quantitative estimate of drug-likeness (QED) is 0.635. The van der Waals surface area contributed by atoms with Gasteiger partial charge in [0, 0.05) is 17.7 Å². The summed E-state index contributed by atoms with van der Waals surface area (Å²) in [6.45, 7) is 6.32. The third-order valence-corrected chi connectivity index (χ3v) is 3.45. The van der Waals surface area contributed by atoms with E-state index in [9.17, 15) is 0 Å². The number of aryl methyl sites for hydroxylation is 1. The third kappa shape index (κ3) is 5.10. The fourth-order valence-corrected chi connectivity index (χ4v) is 2.11. The van der Waals surface area contributed by atoms with Crippen LogP contribution < -0.4 is 5.32 Å². The highest BCUT2D eigenvalue weighted by Gasteiger charge is 1.98. The van der Waals surface area contributed by atoms with Gasteiger partial charge in [-0.05, 0) is 49.2 Å². The van der Waals surface area contributed by atoms with Crippen LogP contribution in [-0.4, -0.2) is 6.54 Å². The maximum atomic E-state index is 3.47. The van der Waals surface area contributed by atoms with Crippen LogP contribution >= 0.6 is 0 Å². The second kappa shape index (κ2) is 8.29. The summed E-state index contributed by atoms with van der Waals surface area (Å²) in [5.41, 5.74) is 4.71. The van der Waals surface area contributed by atoms with Gasteiger partial charge in [0.25, 0.3) is 0 Å². The lowest BCUT2D eigenvalue weighted by Gasteiger charge is -2.06. The Kier molecular flexibility index (Phi) is 6.06. The van der Waals surface area contributed by atoms with Crippen molar-refractivity contribution in [3.05, 3.63) is 70.8 Å². The Bertz CT molecular complexity index is 617. The number of unbranched alkanes of at least 4 members (excludes halogenated alkanes) is 1. The molecule has 1 nitrogen and oxygen atoms in total. The number of nitrogens with one attached hydrogen (secondary N) is 1. The third-order valence-electron chi connectivity index (χ3n) is 3.45. The molecule has 0 atom stereocenters. The summed E-state index contributed by atoms with van der Waals surface area (Å²) in [7, 11) is 0. The first-order valence-electron chi connectivity index (χ1n) is 7.67. The standard InChI is InChI=1S/C20H23N/c1-3-4-14-21-16-19-11-10-17(2)20(15-19)13-12-18-8-6-5-7-9-18/h5-11,15,21H,3-4,14,16H2,1-2H3. The molecule has 0 amide bonds. The van der Waals surface area contributed by atoms with E-state index in [1.165, 1.54) is 24.0 Å². The monoisotopic (exact) mass is 277 g/mol. The van der Waals surface area contributed by atoms with Crippen molar-refractivity contribution in [3.8, 4) is 11.8 Å². The second-order valence-electron chi connectivity index (χ2n) is 5.30. The number of hydrogen-bond donors (Lipinski definition) is 1. The first-order valence-corrected chi connectivity index (χ1v) is 7.67. The van der Waals surface area contributed by atoms with Gasteiger partial charge in [-0.3, -0.25) is 0 Å². The van der Waals surface area contributed by atoms with Crippen molar-refractivity contribution in [3.63, 3.8) is 0 Å². The van der Waals surface area contributed by atoms with Crippen LogP contribution in [0.25, 0.3) is 0 Å². The van der Waals surface area contributed by atoms with Crippen LogP contribution in [0.2, 0.25) is 0 Å². The molecular formula is C20H23N. The molecule has 0 fully saturated rings. The van der Waals surface area contributed by atoms with Gasteiger partial charge in [0.1, 0.15) is 0 Å². The van der Waals surface area contributed by atoms with Gasteiger partial charge in [0.15, 0.2) is 0 Å². The van der Waals surface area contributed by atoms with E-state index in [0.29, 0.717) is 0 Å². The Labute approximate surface area is 128 Å². The Morgan fingerprint density at radius 1 is 1.00 bits per heavy atom. The Morgan fingerprint density at radius 3 is 2.57 bits per heavy atom. The van der Waals surface area contributed by atoms with Crippen LogP contribution in [0.4, 0.5) is 0 Å². The van der Waals surface area contributed by atoms with Gasteiger partial charge in [0.2, 0.25) is 0 Å². The van der Waals surface area contributed by atoms with Gasteiger partial charge in [-0.2, -0.15) is 0 Å². The predicted molar refractivity (Wildman–Crippen MR) is 90.2 cm³/mol. The molecule has 0 unspecified atom stereocenters. The van der Waals surface area contributed by atoms with E-state index in [1.807, 2.05) is 30.3 Å². The van der Waals surface area contributed by atoms with E-state index in [0.717, 1.165) is 24.2 Å². The minimum atomic E-state index is 0.917. The molecule has 0 aromatic heterocycles. The molecule has 0 spiro atoms. The first-order chi connectivity index (χ1) is 10.3. The van der Waals surface area contributed by atoms with E-state index in [2.05, 4.69) is 49.2 Å². The molecule has 0 aliphatic carbocycles. The Balaban J connectivity index is 2.07. The summed E-state index contributed by atoms with van der Waals surface area (Å²) in [5.74, 6) is 6.53. The van der Waals surface area contributed by atoms with Gasteiger partial charge in [-0.25, -0.2) is 0 Å². The molecule has 0 saturated heterocycles. The molecule has 21 heavy (non-hydrogen) atoms. The number of benzene rings is 2. The average Bonchev–Trinajstić information content (AvgIpc) is 2.53. The molecule has 0 aliphatic heterocycles. The lowest BCUT2D eigenvalue weighted by molar-refractivity contribution is 0.641. The number of hydrogen-bond acceptors (Lipinski definition) is 1. The van der Waals surface area contributed by atoms with E-state index >= 15 is 0 Å². The first kappa shape index (κ1) is 15.4. The molecule has 1 N–H and O–H groups in total. The van der Waals surface area contributed by atoms with Gasteiger partial charge in [-0.1, -0.05) is 55.5 Å². The average molecular weight is 277 g/mol. The van der Waals surface area contributed by atoms with Crippen molar-refractivity contribution >= 4 is 0 Å². The second-order valence-corrected chi connectivity index (χ2v) is 5.30. The topological polar surface area (TPSA) is 12.0 Å². The Hall–Kier alpha value is -2.04. The molecule has 0 aliphatic rings. The minimum Gasteiger partial charge on any atom is -0.313 e. The van der Waals surface area contributed by atoms with Gasteiger partial charge in [-0.15, -0.1) is 0 Å². The molecular weight excluding hydrogens is 254 g/mol. The van der Waals surface area contributed by atoms with E-state index < -0.39 is 0 Å². The highest BCUT2D eigenvalue weighted by Crippen LogP contribution is 2.10. The van der Waals surface area contributed by atoms with Crippen LogP contribution in [0.15, 0.2) is 48.5 Å². The van der Waals surface area contributed by atoms with Gasteiger partial charge < -0.3 is 5.32 Å². The summed E-state index contributed by atoms with van der Waals surface area (Å²) in [4.78, 5) is 0.